The average Bonchev–Trinajstić information content (AvgIpc) is 2.93. The van der Waals surface area contributed by atoms with Gasteiger partial charge in [-0.3, -0.25) is 0 Å². The van der Waals surface area contributed by atoms with Crippen molar-refractivity contribution in [2.75, 3.05) is 0 Å². The van der Waals surface area contributed by atoms with Gasteiger partial charge in [-0.1, -0.05) is 17.7 Å². The summed E-state index contributed by atoms with van der Waals surface area (Å²) in [6.07, 6.45) is 0.483. The molecule has 0 aliphatic heterocycles. The number of rotatable bonds is 3. The van der Waals surface area contributed by atoms with E-state index in [1.54, 1.807) is 34.8 Å². The Kier molecular flexibility index (Phi) is 3.58. The first-order chi connectivity index (χ1) is 9.13. The van der Waals surface area contributed by atoms with E-state index in [0.29, 0.717) is 17.0 Å². The monoisotopic (exact) mass is 311 g/mol. The summed E-state index contributed by atoms with van der Waals surface area (Å²) in [7, 11) is 0. The number of thiophene rings is 2. The highest BCUT2D eigenvalue weighted by molar-refractivity contribution is 7.26. The van der Waals surface area contributed by atoms with Gasteiger partial charge in [-0.2, -0.15) is 0 Å². The maximum absolute atomic E-state index is 13.7. The van der Waals surface area contributed by atoms with Crippen molar-refractivity contribution in [1.82, 2.24) is 0 Å². The Morgan fingerprint density at radius 2 is 2.05 bits per heavy atom. The van der Waals surface area contributed by atoms with Crippen molar-refractivity contribution in [2.24, 2.45) is 5.73 Å². The normalized spacial score (nSPS) is 13.0. The van der Waals surface area contributed by atoms with E-state index in [2.05, 4.69) is 17.5 Å². The van der Waals surface area contributed by atoms with Crippen molar-refractivity contribution in [1.29, 1.82) is 0 Å². The van der Waals surface area contributed by atoms with Crippen LogP contribution in [-0.2, 0) is 6.42 Å². The van der Waals surface area contributed by atoms with Crippen LogP contribution in [0, 0.1) is 5.82 Å². The van der Waals surface area contributed by atoms with Crippen LogP contribution in [0.5, 0.6) is 0 Å². The minimum atomic E-state index is -0.290. The van der Waals surface area contributed by atoms with E-state index in [0.717, 1.165) is 4.88 Å². The quantitative estimate of drug-likeness (QED) is 0.724. The second-order valence-corrected chi connectivity index (χ2v) is 6.84. The molecule has 1 unspecified atom stereocenters. The van der Waals surface area contributed by atoms with Gasteiger partial charge in [0.25, 0.3) is 0 Å². The molecule has 1 atom stereocenters. The molecule has 0 radical (unpaired) electrons. The van der Waals surface area contributed by atoms with E-state index < -0.39 is 0 Å². The van der Waals surface area contributed by atoms with Gasteiger partial charge in [-0.05, 0) is 41.6 Å². The van der Waals surface area contributed by atoms with Gasteiger partial charge in [0.15, 0.2) is 0 Å². The predicted octanol–water partition coefficient (Wildman–Crippen LogP) is 5.00. The molecular formula is C14H11ClFNS2. The molecule has 0 amide bonds. The first-order valence-corrected chi connectivity index (χ1v) is 7.87. The molecule has 0 saturated carbocycles. The van der Waals surface area contributed by atoms with Crippen LogP contribution in [0.4, 0.5) is 4.39 Å². The van der Waals surface area contributed by atoms with Crippen molar-refractivity contribution >= 4 is 43.7 Å². The van der Waals surface area contributed by atoms with E-state index >= 15 is 0 Å². The van der Waals surface area contributed by atoms with Gasteiger partial charge in [0.05, 0.1) is 0 Å². The lowest BCUT2D eigenvalue weighted by molar-refractivity contribution is 0.595. The summed E-state index contributed by atoms with van der Waals surface area (Å²) >= 11 is 9.12. The molecule has 1 aromatic carbocycles. The molecule has 19 heavy (non-hydrogen) atoms. The molecule has 0 aliphatic rings. The molecule has 2 aromatic heterocycles. The lowest BCUT2D eigenvalue weighted by Crippen LogP contribution is -2.12. The molecule has 0 aliphatic carbocycles. The van der Waals surface area contributed by atoms with E-state index in [9.17, 15) is 4.39 Å². The van der Waals surface area contributed by atoms with Crippen LogP contribution in [0.2, 0.25) is 5.02 Å². The third kappa shape index (κ3) is 2.67. The molecule has 98 valence electrons. The van der Waals surface area contributed by atoms with Gasteiger partial charge in [0, 0.05) is 25.3 Å². The van der Waals surface area contributed by atoms with Gasteiger partial charge in [0.1, 0.15) is 5.82 Å². The summed E-state index contributed by atoms with van der Waals surface area (Å²) in [5, 5.41) is 2.47. The smallest absolute Gasteiger partial charge is 0.127 e. The number of fused-ring (bicyclic) bond motifs is 1. The van der Waals surface area contributed by atoms with Crippen LogP contribution in [0.3, 0.4) is 0 Å². The molecule has 0 fully saturated rings. The lowest BCUT2D eigenvalue weighted by atomic mass is 10.0. The summed E-state index contributed by atoms with van der Waals surface area (Å²) in [4.78, 5) is 1.09. The highest BCUT2D eigenvalue weighted by atomic mass is 35.5. The summed E-state index contributed by atoms with van der Waals surface area (Å²) in [5.74, 6) is -0.290. The van der Waals surface area contributed by atoms with Crippen molar-refractivity contribution in [3.8, 4) is 0 Å². The standard InChI is InChI=1S/C14H11ClFNS2/c15-9-2-1-8(10(16)6-9)5-11(17)13-7-14-12(19-13)3-4-18-14/h1-4,6-7,11H,5,17H2. The van der Waals surface area contributed by atoms with Crippen molar-refractivity contribution < 1.29 is 4.39 Å². The average molecular weight is 312 g/mol. The van der Waals surface area contributed by atoms with Crippen LogP contribution < -0.4 is 5.73 Å². The van der Waals surface area contributed by atoms with Crippen LogP contribution in [0.25, 0.3) is 9.40 Å². The topological polar surface area (TPSA) is 26.0 Å². The number of hydrogen-bond donors (Lipinski definition) is 1. The minimum absolute atomic E-state index is 0.180. The van der Waals surface area contributed by atoms with Gasteiger partial charge < -0.3 is 5.73 Å². The Labute approximate surface area is 123 Å². The van der Waals surface area contributed by atoms with Gasteiger partial charge in [-0.15, -0.1) is 22.7 Å². The third-order valence-corrected chi connectivity index (χ3v) is 5.44. The Bertz CT molecular complexity index is 691. The third-order valence-electron chi connectivity index (χ3n) is 2.98. The Morgan fingerprint density at radius 3 is 2.79 bits per heavy atom. The number of hydrogen-bond acceptors (Lipinski definition) is 3. The van der Waals surface area contributed by atoms with Crippen molar-refractivity contribution in [3.05, 3.63) is 57.0 Å². The molecule has 0 saturated heterocycles. The number of halogens is 2. The zero-order valence-corrected chi connectivity index (χ0v) is 12.3. The molecule has 1 nitrogen and oxygen atoms in total. The largest absolute Gasteiger partial charge is 0.323 e. The van der Waals surface area contributed by atoms with Crippen LogP contribution in [-0.4, -0.2) is 0 Å². The highest BCUT2D eigenvalue weighted by Gasteiger charge is 2.14. The van der Waals surface area contributed by atoms with E-state index in [4.69, 9.17) is 17.3 Å². The fourth-order valence-corrected chi connectivity index (χ4v) is 4.27. The SMILES string of the molecule is NC(Cc1ccc(Cl)cc1F)c1cc2sccc2s1. The summed E-state index contributed by atoms with van der Waals surface area (Å²) in [6, 6.07) is 8.73. The zero-order valence-electron chi connectivity index (χ0n) is 9.90. The maximum atomic E-state index is 13.7. The maximum Gasteiger partial charge on any atom is 0.127 e. The zero-order chi connectivity index (χ0) is 13.4. The molecule has 3 aromatic rings. The molecule has 0 spiro atoms. The molecular weight excluding hydrogens is 301 g/mol. The fraction of sp³-hybridized carbons (Fsp3) is 0.143. The Balaban J connectivity index is 1.84. The number of benzene rings is 1. The minimum Gasteiger partial charge on any atom is -0.323 e. The van der Waals surface area contributed by atoms with Crippen LogP contribution in [0.1, 0.15) is 16.5 Å². The van der Waals surface area contributed by atoms with Crippen LogP contribution >= 0.6 is 34.3 Å². The summed E-state index contributed by atoms with van der Waals surface area (Å²) < 4.78 is 16.2. The molecule has 3 rings (SSSR count). The first kappa shape index (κ1) is 13.1. The second kappa shape index (κ2) is 5.21. The molecule has 2 N–H and O–H groups in total. The Hall–Kier alpha value is -0.940. The van der Waals surface area contributed by atoms with Crippen molar-refractivity contribution in [2.45, 2.75) is 12.5 Å². The van der Waals surface area contributed by atoms with Gasteiger partial charge in [0.2, 0.25) is 0 Å². The molecule has 0 bridgehead atoms. The molecule has 2 heterocycles. The van der Waals surface area contributed by atoms with Crippen molar-refractivity contribution in [3.63, 3.8) is 0 Å². The number of nitrogens with two attached hydrogens (primary N) is 1. The van der Waals surface area contributed by atoms with E-state index in [1.165, 1.54) is 15.5 Å². The molecule has 5 heteroatoms. The Morgan fingerprint density at radius 1 is 1.21 bits per heavy atom. The first-order valence-electron chi connectivity index (χ1n) is 5.80. The summed E-state index contributed by atoms with van der Waals surface area (Å²) in [5.41, 5.74) is 6.78. The van der Waals surface area contributed by atoms with Gasteiger partial charge >= 0.3 is 0 Å². The second-order valence-electron chi connectivity index (χ2n) is 4.34. The predicted molar refractivity (Wildman–Crippen MR) is 81.7 cm³/mol. The van der Waals surface area contributed by atoms with E-state index in [1.807, 2.05) is 0 Å². The van der Waals surface area contributed by atoms with E-state index in [-0.39, 0.29) is 11.9 Å². The van der Waals surface area contributed by atoms with Crippen LogP contribution in [0.15, 0.2) is 35.7 Å². The van der Waals surface area contributed by atoms with Gasteiger partial charge in [-0.25, -0.2) is 4.39 Å². The lowest BCUT2D eigenvalue weighted by Gasteiger charge is -2.10. The summed E-state index contributed by atoms with van der Waals surface area (Å²) in [6.45, 7) is 0. The highest BCUT2D eigenvalue weighted by Crippen LogP contribution is 2.34. The fourth-order valence-electron chi connectivity index (χ4n) is 1.99.